The minimum atomic E-state index is -1.06. The highest BCUT2D eigenvalue weighted by atomic mass is 16.4. The normalized spacial score (nSPS) is 12.4. The van der Waals surface area contributed by atoms with Crippen molar-refractivity contribution < 1.29 is 9.90 Å². The largest absolute Gasteiger partial charge is 0.480 e. The third kappa shape index (κ3) is 1.73. The molecule has 12 heavy (non-hydrogen) atoms. The lowest BCUT2D eigenvalue weighted by Crippen LogP contribution is -2.20. The van der Waals surface area contributed by atoms with Gasteiger partial charge in [-0.2, -0.15) is 0 Å². The lowest BCUT2D eigenvalue weighted by atomic mass is 10.1. The van der Waals surface area contributed by atoms with Crippen molar-refractivity contribution in [1.82, 2.24) is 0 Å². The fourth-order valence-corrected chi connectivity index (χ4v) is 0.895. The maximum absolute atomic E-state index is 10.4. The summed E-state index contributed by atoms with van der Waals surface area (Å²) in [6.07, 6.45) is 0. The number of nitrogens with two attached hydrogens (primary N) is 2. The van der Waals surface area contributed by atoms with Crippen molar-refractivity contribution in [2.45, 2.75) is 6.04 Å². The summed E-state index contributed by atoms with van der Waals surface area (Å²) in [7, 11) is 0. The van der Waals surface area contributed by atoms with Gasteiger partial charge in [0, 0.05) is 5.69 Å². The minimum absolute atomic E-state index is 0.516. The van der Waals surface area contributed by atoms with E-state index in [1.165, 1.54) is 0 Å². The lowest BCUT2D eigenvalue weighted by Gasteiger charge is -2.06. The van der Waals surface area contributed by atoms with Gasteiger partial charge in [-0.05, 0) is 17.7 Å². The van der Waals surface area contributed by atoms with Crippen molar-refractivity contribution in [2.24, 2.45) is 5.73 Å². The quantitative estimate of drug-likeness (QED) is 0.553. The highest BCUT2D eigenvalue weighted by Gasteiger charge is 2.13. The van der Waals surface area contributed by atoms with Gasteiger partial charge in [-0.25, -0.2) is 0 Å². The molecule has 0 spiro atoms. The number of carbonyl (C=O) groups is 1. The standard InChI is InChI=1S/C8H10N2O2/c9-6-3-1-2-5(4-6)7(10)8(11)12/h1-4,7H,9-10H2,(H,11,12)/t7-/m0/s1. The second-order valence-corrected chi connectivity index (χ2v) is 2.49. The lowest BCUT2D eigenvalue weighted by molar-refractivity contribution is -0.138. The Morgan fingerprint density at radius 3 is 2.67 bits per heavy atom. The van der Waals surface area contributed by atoms with Crippen LogP contribution in [0.2, 0.25) is 0 Å². The van der Waals surface area contributed by atoms with E-state index in [2.05, 4.69) is 0 Å². The molecule has 0 saturated carbocycles. The molecule has 1 rings (SSSR count). The van der Waals surface area contributed by atoms with Crippen LogP contribution in [0.5, 0.6) is 0 Å². The molecule has 5 N–H and O–H groups in total. The molecule has 0 aliphatic rings. The molecule has 0 aliphatic heterocycles. The first-order valence-corrected chi connectivity index (χ1v) is 3.45. The molecule has 0 saturated heterocycles. The van der Waals surface area contributed by atoms with E-state index in [0.717, 1.165) is 0 Å². The summed E-state index contributed by atoms with van der Waals surface area (Å²) in [6, 6.07) is 5.55. The predicted molar refractivity (Wildman–Crippen MR) is 45.4 cm³/mol. The van der Waals surface area contributed by atoms with E-state index in [9.17, 15) is 4.79 Å². The van der Waals surface area contributed by atoms with Gasteiger partial charge in [0.2, 0.25) is 0 Å². The van der Waals surface area contributed by atoms with Gasteiger partial charge in [-0.1, -0.05) is 12.1 Å². The third-order valence-corrected chi connectivity index (χ3v) is 1.54. The molecular formula is C8H10N2O2. The van der Waals surface area contributed by atoms with E-state index in [1.54, 1.807) is 24.3 Å². The average Bonchev–Trinajstić information content (AvgIpc) is 2.03. The topological polar surface area (TPSA) is 89.3 Å². The van der Waals surface area contributed by atoms with Crippen LogP contribution in [0, 0.1) is 0 Å². The fourth-order valence-electron chi connectivity index (χ4n) is 0.895. The van der Waals surface area contributed by atoms with Crippen molar-refractivity contribution in [3.8, 4) is 0 Å². The summed E-state index contributed by atoms with van der Waals surface area (Å²) in [6.45, 7) is 0. The molecule has 0 radical (unpaired) electrons. The van der Waals surface area contributed by atoms with Crippen LogP contribution >= 0.6 is 0 Å². The van der Waals surface area contributed by atoms with Gasteiger partial charge in [0.15, 0.2) is 0 Å². The van der Waals surface area contributed by atoms with Gasteiger partial charge < -0.3 is 16.6 Å². The summed E-state index contributed by atoms with van der Waals surface area (Å²) in [5.74, 6) is -1.06. The van der Waals surface area contributed by atoms with Crippen molar-refractivity contribution in [3.05, 3.63) is 29.8 Å². The smallest absolute Gasteiger partial charge is 0.325 e. The summed E-state index contributed by atoms with van der Waals surface area (Å²) in [4.78, 5) is 10.4. The van der Waals surface area contributed by atoms with Gasteiger partial charge in [0.1, 0.15) is 6.04 Å². The zero-order valence-corrected chi connectivity index (χ0v) is 6.40. The number of rotatable bonds is 2. The van der Waals surface area contributed by atoms with E-state index < -0.39 is 12.0 Å². The SMILES string of the molecule is Nc1cccc([C@H](N)C(=O)O)c1. The molecule has 4 heteroatoms. The molecular weight excluding hydrogens is 156 g/mol. The van der Waals surface area contributed by atoms with E-state index in [1.807, 2.05) is 0 Å². The molecule has 0 amide bonds. The first-order chi connectivity index (χ1) is 5.61. The maximum Gasteiger partial charge on any atom is 0.325 e. The van der Waals surface area contributed by atoms with Gasteiger partial charge in [0.05, 0.1) is 0 Å². The summed E-state index contributed by atoms with van der Waals surface area (Å²) < 4.78 is 0. The zero-order valence-electron chi connectivity index (χ0n) is 6.40. The average molecular weight is 166 g/mol. The summed E-state index contributed by atoms with van der Waals surface area (Å²) in [5, 5.41) is 8.56. The van der Waals surface area contributed by atoms with Crippen LogP contribution in [0.4, 0.5) is 5.69 Å². The van der Waals surface area contributed by atoms with Crippen molar-refractivity contribution in [2.75, 3.05) is 5.73 Å². The predicted octanol–water partition coefficient (Wildman–Crippen LogP) is 0.353. The van der Waals surface area contributed by atoms with Gasteiger partial charge in [0.25, 0.3) is 0 Å². The van der Waals surface area contributed by atoms with Crippen LogP contribution < -0.4 is 11.5 Å². The second kappa shape index (κ2) is 3.23. The van der Waals surface area contributed by atoms with E-state index >= 15 is 0 Å². The molecule has 0 fully saturated rings. The molecule has 1 aromatic rings. The summed E-state index contributed by atoms with van der Waals surface area (Å²) >= 11 is 0. The Hall–Kier alpha value is -1.55. The number of nitrogen functional groups attached to an aromatic ring is 1. The van der Waals surface area contributed by atoms with Crippen molar-refractivity contribution in [3.63, 3.8) is 0 Å². The molecule has 0 aliphatic carbocycles. The van der Waals surface area contributed by atoms with Crippen LogP contribution in [-0.2, 0) is 4.79 Å². The molecule has 0 aromatic heterocycles. The monoisotopic (exact) mass is 166 g/mol. The Labute approximate surface area is 69.8 Å². The Bertz CT molecular complexity index is 299. The van der Waals surface area contributed by atoms with Crippen LogP contribution in [0.25, 0.3) is 0 Å². The van der Waals surface area contributed by atoms with Gasteiger partial charge >= 0.3 is 5.97 Å². The van der Waals surface area contributed by atoms with Crippen LogP contribution in [0.3, 0.4) is 0 Å². The van der Waals surface area contributed by atoms with E-state index in [4.69, 9.17) is 16.6 Å². The van der Waals surface area contributed by atoms with E-state index in [-0.39, 0.29) is 0 Å². The van der Waals surface area contributed by atoms with Crippen LogP contribution in [0.1, 0.15) is 11.6 Å². The maximum atomic E-state index is 10.4. The molecule has 1 aromatic carbocycles. The summed E-state index contributed by atoms with van der Waals surface area (Å²) in [5.41, 5.74) is 11.8. The van der Waals surface area contributed by atoms with Crippen molar-refractivity contribution >= 4 is 11.7 Å². The Morgan fingerprint density at radius 2 is 2.17 bits per heavy atom. The number of benzene rings is 1. The molecule has 0 bridgehead atoms. The molecule has 0 unspecified atom stereocenters. The molecule has 64 valence electrons. The number of hydrogen-bond donors (Lipinski definition) is 3. The van der Waals surface area contributed by atoms with Crippen molar-refractivity contribution in [1.29, 1.82) is 0 Å². The molecule has 4 nitrogen and oxygen atoms in total. The second-order valence-electron chi connectivity index (χ2n) is 2.49. The fraction of sp³-hybridized carbons (Fsp3) is 0.125. The Morgan fingerprint density at radius 1 is 1.50 bits per heavy atom. The number of carboxylic acid groups (broad SMARTS) is 1. The first kappa shape index (κ1) is 8.55. The third-order valence-electron chi connectivity index (χ3n) is 1.54. The Balaban J connectivity index is 2.95. The zero-order chi connectivity index (χ0) is 9.14. The number of carboxylic acids is 1. The number of anilines is 1. The Kier molecular flexibility index (Phi) is 2.30. The van der Waals surface area contributed by atoms with Gasteiger partial charge in [-0.15, -0.1) is 0 Å². The number of hydrogen-bond acceptors (Lipinski definition) is 3. The van der Waals surface area contributed by atoms with Crippen LogP contribution in [-0.4, -0.2) is 11.1 Å². The molecule has 0 heterocycles. The van der Waals surface area contributed by atoms with Crippen LogP contribution in [0.15, 0.2) is 24.3 Å². The van der Waals surface area contributed by atoms with Gasteiger partial charge in [-0.3, -0.25) is 4.79 Å². The highest BCUT2D eigenvalue weighted by Crippen LogP contribution is 2.13. The molecule has 1 atom stereocenters. The minimum Gasteiger partial charge on any atom is -0.480 e. The number of aliphatic carboxylic acids is 1. The highest BCUT2D eigenvalue weighted by molar-refractivity contribution is 5.75. The van der Waals surface area contributed by atoms with E-state index in [0.29, 0.717) is 11.3 Å². The first-order valence-electron chi connectivity index (χ1n) is 3.45.